The van der Waals surface area contributed by atoms with Crippen molar-refractivity contribution < 1.29 is 13.2 Å². The Kier molecular flexibility index (Phi) is 6.84. The zero-order chi connectivity index (χ0) is 24.6. The van der Waals surface area contributed by atoms with Crippen LogP contribution in [0.4, 0.5) is 0 Å². The van der Waals surface area contributed by atoms with Crippen LogP contribution < -0.4 is 0 Å². The minimum Gasteiger partial charge on any atom is -0.444 e. The third-order valence-corrected chi connectivity index (χ3v) is 8.76. The van der Waals surface area contributed by atoms with Crippen LogP contribution >= 0.6 is 11.3 Å². The normalized spacial score (nSPS) is 19.0. The van der Waals surface area contributed by atoms with Gasteiger partial charge in [-0.05, 0) is 62.6 Å². The number of allylic oxidation sites excluding steroid dienone is 1. The minimum absolute atomic E-state index is 0.0898. The summed E-state index contributed by atoms with van der Waals surface area (Å²) in [7, 11) is 4.31. The maximum atomic E-state index is 12.6. The fourth-order valence-corrected chi connectivity index (χ4v) is 6.03. The maximum Gasteiger partial charge on any atom is 0.251 e. The van der Waals surface area contributed by atoms with Crippen LogP contribution in [0.25, 0.3) is 0 Å². The summed E-state index contributed by atoms with van der Waals surface area (Å²) in [4.78, 5) is 10.3. The topological polar surface area (TPSA) is 77.8 Å². The van der Waals surface area contributed by atoms with Crippen molar-refractivity contribution in [2.24, 2.45) is 10.1 Å². The molecule has 0 N–H and O–H groups in total. The monoisotopic (exact) mass is 501 g/mol. The number of rotatable bonds is 7. The van der Waals surface area contributed by atoms with Crippen LogP contribution in [-0.4, -0.2) is 88.1 Å². The van der Waals surface area contributed by atoms with Crippen molar-refractivity contribution in [1.29, 1.82) is 0 Å². The summed E-state index contributed by atoms with van der Waals surface area (Å²) < 4.78 is 31.5. The Hall–Kier alpha value is -2.69. The van der Waals surface area contributed by atoms with Crippen molar-refractivity contribution in [3.63, 3.8) is 0 Å². The third-order valence-electron chi connectivity index (χ3n) is 6.04. The first-order chi connectivity index (χ1) is 16.1. The second-order valence-electron chi connectivity index (χ2n) is 8.91. The summed E-state index contributed by atoms with van der Waals surface area (Å²) in [6, 6.07) is 9.07. The summed E-state index contributed by atoms with van der Waals surface area (Å²) >= 11 is 1.61. The number of aliphatic imine (C=N–C) groups is 1. The van der Waals surface area contributed by atoms with Crippen molar-refractivity contribution >= 4 is 32.8 Å². The molecule has 1 aromatic heterocycles. The molecule has 2 aliphatic heterocycles. The molecule has 8 nitrogen and oxygen atoms in total. The van der Waals surface area contributed by atoms with Crippen LogP contribution in [0.3, 0.4) is 0 Å². The molecule has 0 spiro atoms. The van der Waals surface area contributed by atoms with E-state index >= 15 is 0 Å². The number of sulfone groups is 1. The van der Waals surface area contributed by atoms with E-state index in [1.807, 2.05) is 64.5 Å². The average Bonchev–Trinajstić information content (AvgIpc) is 3.39. The highest BCUT2D eigenvalue weighted by atomic mass is 32.2. The number of hydrogen-bond donors (Lipinski definition) is 0. The molecule has 1 aromatic carbocycles. The van der Waals surface area contributed by atoms with Gasteiger partial charge in [0, 0.05) is 26.3 Å². The molecule has 4 rings (SSSR count). The molecule has 0 saturated heterocycles. The van der Waals surface area contributed by atoms with E-state index in [0.717, 1.165) is 33.1 Å². The van der Waals surface area contributed by atoms with Gasteiger partial charge in [0.05, 0.1) is 27.8 Å². The van der Waals surface area contributed by atoms with Gasteiger partial charge in [0.25, 0.3) is 5.90 Å². The molecule has 1 unspecified atom stereocenters. The molecule has 0 radical (unpaired) electrons. The standard InChI is InChI=1S/C24H31N5O3S2/c1-16-11-13-33-22(16)23-26-29(6)24(32-23)21-17(2)28(5)15-20(25-21)18-7-9-19(10-8-18)34(30,31)14-12-27(3)4/h7-11,13,24H,12,14-15H2,1-6H3. The van der Waals surface area contributed by atoms with Crippen LogP contribution in [0.1, 0.15) is 22.9 Å². The molecular weight excluding hydrogens is 470 g/mol. The first kappa shape index (κ1) is 24.4. The van der Waals surface area contributed by atoms with Crippen LogP contribution in [-0.2, 0) is 14.6 Å². The fourth-order valence-electron chi connectivity index (χ4n) is 3.79. The minimum atomic E-state index is -3.33. The van der Waals surface area contributed by atoms with E-state index in [1.54, 1.807) is 28.5 Å². The van der Waals surface area contributed by atoms with Crippen molar-refractivity contribution in [3.8, 4) is 0 Å². The molecule has 0 bridgehead atoms. The van der Waals surface area contributed by atoms with E-state index in [0.29, 0.717) is 23.9 Å². The zero-order valence-electron chi connectivity index (χ0n) is 20.4. The summed E-state index contributed by atoms with van der Waals surface area (Å²) in [6.07, 6.45) is -0.431. The smallest absolute Gasteiger partial charge is 0.251 e. The molecule has 2 aliphatic rings. The number of ether oxygens (including phenoxy) is 1. The van der Waals surface area contributed by atoms with E-state index in [-0.39, 0.29) is 5.75 Å². The van der Waals surface area contributed by atoms with Crippen molar-refractivity contribution in [2.45, 2.75) is 25.0 Å². The Bertz CT molecular complexity index is 1260. The number of likely N-dealkylation sites (N-methyl/N-ethyl adjacent to an activating group) is 2. The van der Waals surface area contributed by atoms with Gasteiger partial charge in [-0.25, -0.2) is 13.4 Å². The second-order valence-corrected chi connectivity index (χ2v) is 11.9. The molecule has 1 atom stereocenters. The van der Waals surface area contributed by atoms with Crippen LogP contribution in [0.15, 0.2) is 62.1 Å². The fraction of sp³-hybridized carbons (Fsp3) is 0.417. The Morgan fingerprint density at radius 1 is 1.15 bits per heavy atom. The summed E-state index contributed by atoms with van der Waals surface area (Å²) in [6.45, 7) is 5.18. The van der Waals surface area contributed by atoms with Crippen LogP contribution in [0.2, 0.25) is 0 Å². The van der Waals surface area contributed by atoms with Gasteiger partial charge < -0.3 is 14.5 Å². The number of thiophene rings is 1. The number of benzene rings is 1. The Labute approximate surface area is 205 Å². The second kappa shape index (κ2) is 9.52. The Balaban J connectivity index is 1.58. The molecule has 3 heterocycles. The van der Waals surface area contributed by atoms with E-state index in [4.69, 9.17) is 9.73 Å². The highest BCUT2D eigenvalue weighted by molar-refractivity contribution is 7.91. The van der Waals surface area contributed by atoms with Gasteiger partial charge in [-0.3, -0.25) is 5.01 Å². The van der Waals surface area contributed by atoms with Gasteiger partial charge in [-0.2, -0.15) is 0 Å². The molecule has 0 fully saturated rings. The molecule has 0 saturated carbocycles. The van der Waals surface area contributed by atoms with E-state index in [9.17, 15) is 8.42 Å². The number of hydrogen-bond acceptors (Lipinski definition) is 9. The lowest BCUT2D eigenvalue weighted by Crippen LogP contribution is -2.36. The highest BCUT2D eigenvalue weighted by Gasteiger charge is 2.34. The number of aryl methyl sites for hydroxylation is 1. The average molecular weight is 502 g/mol. The molecule has 10 heteroatoms. The molecule has 0 aliphatic carbocycles. The summed E-state index contributed by atoms with van der Waals surface area (Å²) in [5.41, 5.74) is 4.69. The van der Waals surface area contributed by atoms with E-state index in [2.05, 4.69) is 16.1 Å². The van der Waals surface area contributed by atoms with Crippen LogP contribution in [0, 0.1) is 6.92 Å². The van der Waals surface area contributed by atoms with Gasteiger partial charge in [0.2, 0.25) is 6.23 Å². The molecule has 34 heavy (non-hydrogen) atoms. The largest absolute Gasteiger partial charge is 0.444 e. The quantitative estimate of drug-likeness (QED) is 0.581. The SMILES string of the molecule is CC1=C(C2OC(c3sccc3C)=NN2C)N=C(c2ccc(S(=O)(=O)CCN(C)C)cc2)CN1C. The highest BCUT2D eigenvalue weighted by Crippen LogP contribution is 2.30. The van der Waals surface area contributed by atoms with Gasteiger partial charge in [-0.15, -0.1) is 16.4 Å². The first-order valence-corrected chi connectivity index (χ1v) is 13.6. The van der Waals surface area contributed by atoms with Gasteiger partial charge in [-0.1, -0.05) is 12.1 Å². The summed E-state index contributed by atoms with van der Waals surface area (Å²) in [5, 5.41) is 8.45. The zero-order valence-corrected chi connectivity index (χ0v) is 22.1. The third kappa shape index (κ3) is 4.89. The summed E-state index contributed by atoms with van der Waals surface area (Å²) in [5.74, 6) is 0.699. The van der Waals surface area contributed by atoms with Crippen molar-refractivity contribution in [3.05, 3.63) is 63.1 Å². The molecule has 2 aromatic rings. The van der Waals surface area contributed by atoms with E-state index < -0.39 is 16.1 Å². The molecular formula is C24H31N5O3S2. The molecule has 182 valence electrons. The van der Waals surface area contributed by atoms with Gasteiger partial charge in [0.1, 0.15) is 5.70 Å². The Morgan fingerprint density at radius 3 is 2.47 bits per heavy atom. The first-order valence-electron chi connectivity index (χ1n) is 11.1. The lowest BCUT2D eigenvalue weighted by Gasteiger charge is -2.31. The van der Waals surface area contributed by atoms with Gasteiger partial charge >= 0.3 is 0 Å². The van der Waals surface area contributed by atoms with E-state index in [1.165, 1.54) is 0 Å². The molecule has 0 amide bonds. The van der Waals surface area contributed by atoms with Gasteiger partial charge in [0.15, 0.2) is 9.84 Å². The van der Waals surface area contributed by atoms with Crippen molar-refractivity contribution in [2.75, 3.05) is 47.0 Å². The predicted molar refractivity (Wildman–Crippen MR) is 137 cm³/mol. The van der Waals surface area contributed by atoms with Crippen LogP contribution in [0.5, 0.6) is 0 Å². The number of nitrogens with zero attached hydrogens (tertiary/aromatic N) is 5. The van der Waals surface area contributed by atoms with Crippen molar-refractivity contribution in [1.82, 2.24) is 14.8 Å². The Morgan fingerprint density at radius 2 is 1.85 bits per heavy atom. The number of hydrazone groups is 1. The maximum absolute atomic E-state index is 12.6. The lowest BCUT2D eigenvalue weighted by molar-refractivity contribution is 0.107. The lowest BCUT2D eigenvalue weighted by atomic mass is 10.1. The predicted octanol–water partition coefficient (Wildman–Crippen LogP) is 3.01.